The molecule has 0 spiro atoms. The summed E-state index contributed by atoms with van der Waals surface area (Å²) in [5, 5.41) is 5.43. The Labute approximate surface area is 253 Å². The summed E-state index contributed by atoms with van der Waals surface area (Å²) in [6, 6.07) is 33.6. The number of halogens is 2. The minimum Gasteiger partial charge on any atom is -1.00 e. The van der Waals surface area contributed by atoms with Crippen molar-refractivity contribution >= 4 is 43.2 Å². The van der Waals surface area contributed by atoms with Gasteiger partial charge in [0, 0.05) is 47.2 Å². The van der Waals surface area contributed by atoms with Gasteiger partial charge in [-0.1, -0.05) is 127 Å². The van der Waals surface area contributed by atoms with Gasteiger partial charge in [0.1, 0.15) is 0 Å². The standard InChI is InChI=1S/C31H21.C2H6Si.2ClH.Hf/c1-4-10-23-20(7-1)13-15-26(23)29-18-17-27-25-12-6-3-9-22(25)19-30(27)31(29)28-16-14-21-8-2-5-11-24(21)28;1-3-2;;;/h1-19,26,28H;1-2H3;2*1H;/q-1;;;;/p-2. The van der Waals surface area contributed by atoms with Crippen LogP contribution in [0.15, 0.2) is 103 Å². The molecular formula is C33H27Cl2HfSi-3. The minimum absolute atomic E-state index is 0. The predicted molar refractivity (Wildman–Crippen MR) is 149 cm³/mol. The van der Waals surface area contributed by atoms with Gasteiger partial charge in [-0.25, -0.2) is 0 Å². The largest absolute Gasteiger partial charge is 1.00 e. The van der Waals surface area contributed by atoms with Crippen molar-refractivity contribution in [2.24, 2.45) is 0 Å². The van der Waals surface area contributed by atoms with Gasteiger partial charge in [-0.2, -0.15) is 0 Å². The fraction of sp³-hybridized carbons (Fsp3) is 0.121. The fourth-order valence-corrected chi connectivity index (χ4v) is 5.71. The van der Waals surface area contributed by atoms with E-state index in [1.54, 1.807) is 0 Å². The molecule has 0 amide bonds. The van der Waals surface area contributed by atoms with Gasteiger partial charge < -0.3 is 24.8 Å². The summed E-state index contributed by atoms with van der Waals surface area (Å²) in [6.07, 6.45) is 9.35. The van der Waals surface area contributed by atoms with E-state index in [-0.39, 0.29) is 56.6 Å². The molecule has 4 heteroatoms. The van der Waals surface area contributed by atoms with Crippen LogP contribution < -0.4 is 24.8 Å². The topological polar surface area (TPSA) is 0 Å². The van der Waals surface area contributed by atoms with E-state index in [4.69, 9.17) is 0 Å². The van der Waals surface area contributed by atoms with Gasteiger partial charge in [0.15, 0.2) is 0 Å². The third-order valence-corrected chi connectivity index (χ3v) is 7.12. The van der Waals surface area contributed by atoms with Crippen molar-refractivity contribution in [1.29, 1.82) is 0 Å². The van der Waals surface area contributed by atoms with E-state index >= 15 is 0 Å². The molecule has 2 atom stereocenters. The molecule has 0 fully saturated rings. The van der Waals surface area contributed by atoms with Crippen molar-refractivity contribution in [1.82, 2.24) is 0 Å². The van der Waals surface area contributed by atoms with Gasteiger partial charge in [0.2, 0.25) is 0 Å². The van der Waals surface area contributed by atoms with E-state index in [1.807, 2.05) is 0 Å². The number of rotatable bonds is 2. The summed E-state index contributed by atoms with van der Waals surface area (Å²) in [5.41, 5.74) is 8.39. The molecule has 0 saturated heterocycles. The summed E-state index contributed by atoms with van der Waals surface area (Å²) < 4.78 is 0. The molecule has 2 aliphatic rings. The molecule has 5 aromatic rings. The third-order valence-electron chi connectivity index (χ3n) is 7.12. The van der Waals surface area contributed by atoms with E-state index in [1.165, 1.54) is 54.9 Å². The van der Waals surface area contributed by atoms with Crippen molar-refractivity contribution in [2.75, 3.05) is 0 Å². The molecule has 2 unspecified atom stereocenters. The van der Waals surface area contributed by atoms with Crippen LogP contribution in [0.1, 0.15) is 45.2 Å². The second-order valence-corrected chi connectivity index (χ2v) is 10.2. The molecule has 7 rings (SSSR count). The zero-order valence-corrected chi connectivity index (χ0v) is 27.0. The van der Waals surface area contributed by atoms with Crippen molar-refractivity contribution in [3.05, 3.63) is 137 Å². The Morgan fingerprint density at radius 1 is 0.595 bits per heavy atom. The number of fused-ring (bicyclic) bond motifs is 5. The summed E-state index contributed by atoms with van der Waals surface area (Å²) in [6.45, 7) is 4.31. The number of benzene rings is 4. The first-order chi connectivity index (χ1) is 16.8. The summed E-state index contributed by atoms with van der Waals surface area (Å²) in [5.74, 6) is 0.586. The Bertz CT molecular complexity index is 1580. The van der Waals surface area contributed by atoms with Gasteiger partial charge >= 0.3 is 0 Å². The average molecular weight is 701 g/mol. The Balaban J connectivity index is 0.000000607. The normalized spacial score (nSPS) is 16.2. The first-order valence-corrected chi connectivity index (χ1v) is 14.0. The molecule has 37 heavy (non-hydrogen) atoms. The molecule has 2 aliphatic carbocycles. The number of hydrogen-bond donors (Lipinski definition) is 0. The van der Waals surface area contributed by atoms with E-state index < -0.39 is 0 Å². The molecule has 0 aromatic heterocycles. The van der Waals surface area contributed by atoms with Crippen molar-refractivity contribution in [2.45, 2.75) is 24.9 Å². The van der Waals surface area contributed by atoms with Gasteiger partial charge in [0.25, 0.3) is 0 Å². The van der Waals surface area contributed by atoms with E-state index in [9.17, 15) is 0 Å². The van der Waals surface area contributed by atoms with Gasteiger partial charge in [-0.3, -0.25) is 0 Å². The fourth-order valence-electron chi connectivity index (χ4n) is 5.71. The van der Waals surface area contributed by atoms with Crippen molar-refractivity contribution in [3.8, 4) is 0 Å². The molecule has 5 aromatic carbocycles. The van der Waals surface area contributed by atoms with Crippen LogP contribution in [0.2, 0.25) is 13.1 Å². The van der Waals surface area contributed by atoms with Crippen LogP contribution in [0.25, 0.3) is 33.7 Å². The second kappa shape index (κ2) is 12.6. The van der Waals surface area contributed by atoms with Crippen LogP contribution in [-0.2, 0) is 25.8 Å². The predicted octanol–water partition coefficient (Wildman–Crippen LogP) is 2.82. The zero-order chi connectivity index (χ0) is 23.1. The van der Waals surface area contributed by atoms with Gasteiger partial charge in [-0.05, 0) is 22.3 Å². The quantitative estimate of drug-likeness (QED) is 0.197. The Morgan fingerprint density at radius 2 is 1.14 bits per heavy atom. The minimum atomic E-state index is 0. The van der Waals surface area contributed by atoms with Crippen LogP contribution in [-0.4, -0.2) is 9.52 Å². The summed E-state index contributed by atoms with van der Waals surface area (Å²) in [7, 11) is 1.08. The van der Waals surface area contributed by atoms with Gasteiger partial charge in [0.05, 0.1) is 0 Å². The Kier molecular flexibility index (Phi) is 10.1. The first-order valence-electron chi connectivity index (χ1n) is 12.0. The molecule has 0 saturated carbocycles. The van der Waals surface area contributed by atoms with Crippen LogP contribution in [0.4, 0.5) is 0 Å². The van der Waals surface area contributed by atoms with E-state index in [2.05, 4.69) is 128 Å². The average Bonchev–Trinajstić information content (AvgIpc) is 3.59. The molecule has 0 heterocycles. The maximum absolute atomic E-state index is 2.41. The SMILES string of the molecule is C1=CC(c2ccc3c([cH-]c4ccccc43)c2C2C=Cc3ccccc32)c2ccccc21.C[Si]C.[Cl-].[Cl-].[Hf]. The summed E-state index contributed by atoms with van der Waals surface area (Å²) >= 11 is 0. The molecule has 0 aliphatic heterocycles. The molecule has 0 N–H and O–H groups in total. The van der Waals surface area contributed by atoms with Crippen molar-refractivity contribution in [3.63, 3.8) is 0 Å². The maximum atomic E-state index is 2.41. The first kappa shape index (κ1) is 29.5. The molecule has 2 radical (unpaired) electrons. The Hall–Kier alpha value is -2.10. The molecular weight excluding hydrogens is 674 g/mol. The second-order valence-electron chi connectivity index (χ2n) is 9.19. The van der Waals surface area contributed by atoms with Crippen LogP contribution in [0, 0.1) is 0 Å². The van der Waals surface area contributed by atoms with Crippen LogP contribution in [0.5, 0.6) is 0 Å². The van der Waals surface area contributed by atoms with E-state index in [0.29, 0.717) is 5.92 Å². The Morgan fingerprint density at radius 3 is 1.81 bits per heavy atom. The van der Waals surface area contributed by atoms with Crippen molar-refractivity contribution < 1.29 is 50.7 Å². The number of allylic oxidation sites excluding steroid dienone is 2. The third kappa shape index (κ3) is 5.14. The molecule has 184 valence electrons. The molecule has 0 nitrogen and oxygen atoms in total. The summed E-state index contributed by atoms with van der Waals surface area (Å²) in [4.78, 5) is 0. The van der Waals surface area contributed by atoms with Gasteiger partial charge in [-0.15, -0.1) is 33.7 Å². The number of hydrogen-bond acceptors (Lipinski definition) is 0. The van der Waals surface area contributed by atoms with E-state index in [0.717, 1.165) is 9.52 Å². The maximum Gasteiger partial charge on any atom is 0.0307 e. The zero-order valence-electron chi connectivity index (χ0n) is 20.9. The smallest absolute Gasteiger partial charge is 0.0307 e. The molecule has 0 bridgehead atoms. The van der Waals surface area contributed by atoms with Crippen LogP contribution in [0.3, 0.4) is 0 Å². The monoisotopic (exact) mass is 701 g/mol. The van der Waals surface area contributed by atoms with Crippen LogP contribution >= 0.6 is 0 Å².